The van der Waals surface area contributed by atoms with Crippen molar-refractivity contribution in [2.75, 3.05) is 20.1 Å². The minimum absolute atomic E-state index is 0.107. The van der Waals surface area contributed by atoms with Crippen LogP contribution in [0.2, 0.25) is 0 Å². The first-order valence-electron chi connectivity index (χ1n) is 8.41. The van der Waals surface area contributed by atoms with Gasteiger partial charge in [0.2, 0.25) is 0 Å². The Morgan fingerprint density at radius 2 is 2.24 bits per heavy atom. The van der Waals surface area contributed by atoms with Crippen molar-refractivity contribution in [2.24, 2.45) is 0 Å². The normalized spacial score (nSPS) is 16.4. The van der Waals surface area contributed by atoms with Crippen LogP contribution in [0, 0.1) is 0 Å². The number of likely N-dealkylation sites (N-methyl/N-ethyl adjacent to an activating group) is 1. The number of fused-ring (bicyclic) bond motifs is 2. The molecule has 4 heterocycles. The van der Waals surface area contributed by atoms with Gasteiger partial charge in [0.1, 0.15) is 5.69 Å². The van der Waals surface area contributed by atoms with Gasteiger partial charge in [0.15, 0.2) is 5.69 Å². The largest absolute Gasteiger partial charge is 0.347 e. The molecule has 0 radical (unpaired) electrons. The van der Waals surface area contributed by atoms with Gasteiger partial charge in [0.05, 0.1) is 6.54 Å². The van der Waals surface area contributed by atoms with Gasteiger partial charge in [-0.15, -0.1) is 0 Å². The number of carbonyl (C=O) groups excluding carboxylic acids is 2. The van der Waals surface area contributed by atoms with Gasteiger partial charge < -0.3 is 15.5 Å². The molecule has 0 bridgehead atoms. The highest BCUT2D eigenvalue weighted by Crippen LogP contribution is 2.14. The van der Waals surface area contributed by atoms with Crippen LogP contribution in [0.3, 0.4) is 0 Å². The first-order valence-corrected chi connectivity index (χ1v) is 8.41. The molecular weight excluding hydrogens is 320 g/mol. The molecule has 8 heteroatoms. The van der Waals surface area contributed by atoms with E-state index < -0.39 is 0 Å². The highest BCUT2D eigenvalue weighted by atomic mass is 16.2. The number of carbonyl (C=O) groups is 2. The van der Waals surface area contributed by atoms with Crippen LogP contribution in [0.25, 0.3) is 0 Å². The zero-order valence-corrected chi connectivity index (χ0v) is 14.1. The summed E-state index contributed by atoms with van der Waals surface area (Å²) < 4.78 is 1.60. The Labute approximate surface area is 145 Å². The van der Waals surface area contributed by atoms with E-state index in [2.05, 4.69) is 26.8 Å². The molecule has 0 unspecified atom stereocenters. The SMILES string of the molecule is CN1CCn2nc(C(=O)NCc3cnc4c(c3)CNCC4)cc2C1=O. The number of nitrogens with one attached hydrogen (secondary N) is 2. The maximum Gasteiger partial charge on any atom is 0.272 e. The lowest BCUT2D eigenvalue weighted by molar-refractivity contribution is 0.0742. The van der Waals surface area contributed by atoms with E-state index >= 15 is 0 Å². The van der Waals surface area contributed by atoms with Crippen molar-refractivity contribution < 1.29 is 9.59 Å². The average Bonchev–Trinajstić information content (AvgIpc) is 3.08. The molecule has 0 saturated heterocycles. The lowest BCUT2D eigenvalue weighted by Gasteiger charge is -2.22. The predicted molar refractivity (Wildman–Crippen MR) is 90.0 cm³/mol. The van der Waals surface area contributed by atoms with Gasteiger partial charge in [0.25, 0.3) is 11.8 Å². The zero-order chi connectivity index (χ0) is 17.4. The molecule has 4 rings (SSSR count). The number of nitrogens with zero attached hydrogens (tertiary/aromatic N) is 4. The maximum atomic E-state index is 12.4. The van der Waals surface area contributed by atoms with Crippen molar-refractivity contribution in [1.29, 1.82) is 0 Å². The lowest BCUT2D eigenvalue weighted by atomic mass is 10.1. The van der Waals surface area contributed by atoms with Crippen molar-refractivity contribution in [3.8, 4) is 0 Å². The van der Waals surface area contributed by atoms with Gasteiger partial charge in [-0.3, -0.25) is 19.3 Å². The van der Waals surface area contributed by atoms with Crippen LogP contribution in [0.5, 0.6) is 0 Å². The summed E-state index contributed by atoms with van der Waals surface area (Å²) in [4.78, 5) is 30.6. The monoisotopic (exact) mass is 340 g/mol. The van der Waals surface area contributed by atoms with Crippen molar-refractivity contribution >= 4 is 11.8 Å². The first kappa shape index (κ1) is 15.8. The lowest BCUT2D eigenvalue weighted by Crippen LogP contribution is -2.37. The summed E-state index contributed by atoms with van der Waals surface area (Å²) in [6.45, 7) is 3.35. The van der Waals surface area contributed by atoms with E-state index in [1.54, 1.807) is 28.9 Å². The van der Waals surface area contributed by atoms with Crippen molar-refractivity contribution in [1.82, 2.24) is 30.3 Å². The second-order valence-electron chi connectivity index (χ2n) is 6.42. The molecule has 2 aliphatic rings. The van der Waals surface area contributed by atoms with E-state index in [1.165, 1.54) is 5.56 Å². The van der Waals surface area contributed by atoms with Crippen LogP contribution in [-0.4, -0.2) is 51.6 Å². The quantitative estimate of drug-likeness (QED) is 0.817. The topological polar surface area (TPSA) is 92.2 Å². The third-order valence-corrected chi connectivity index (χ3v) is 4.65. The fourth-order valence-corrected chi connectivity index (χ4v) is 3.18. The Balaban J connectivity index is 1.44. The molecule has 2 aromatic heterocycles. The van der Waals surface area contributed by atoms with Crippen LogP contribution in [-0.2, 0) is 26.1 Å². The fourth-order valence-electron chi connectivity index (χ4n) is 3.18. The number of hydrogen-bond acceptors (Lipinski definition) is 5. The van der Waals surface area contributed by atoms with Crippen molar-refractivity contribution in [3.63, 3.8) is 0 Å². The number of amides is 2. The maximum absolute atomic E-state index is 12.4. The third-order valence-electron chi connectivity index (χ3n) is 4.65. The molecule has 2 amide bonds. The third kappa shape index (κ3) is 3.00. The van der Waals surface area contributed by atoms with Crippen LogP contribution >= 0.6 is 0 Å². The van der Waals surface area contributed by atoms with Crippen LogP contribution in [0.15, 0.2) is 18.3 Å². The minimum atomic E-state index is -0.284. The van der Waals surface area contributed by atoms with E-state index in [9.17, 15) is 9.59 Å². The Bertz CT molecular complexity index is 844. The zero-order valence-electron chi connectivity index (χ0n) is 14.1. The summed E-state index contributed by atoms with van der Waals surface area (Å²) in [5.74, 6) is -0.391. The van der Waals surface area contributed by atoms with Crippen molar-refractivity contribution in [3.05, 3.63) is 46.5 Å². The second kappa shape index (κ2) is 6.29. The van der Waals surface area contributed by atoms with Gasteiger partial charge in [-0.05, 0) is 17.2 Å². The number of pyridine rings is 1. The smallest absolute Gasteiger partial charge is 0.272 e. The van der Waals surface area contributed by atoms with E-state index in [0.29, 0.717) is 25.3 Å². The molecule has 0 atom stereocenters. The molecule has 2 aliphatic heterocycles. The molecule has 2 N–H and O–H groups in total. The summed E-state index contributed by atoms with van der Waals surface area (Å²) in [6, 6.07) is 3.63. The molecule has 8 nitrogen and oxygen atoms in total. The first-order chi connectivity index (χ1) is 12.1. The van der Waals surface area contributed by atoms with Gasteiger partial charge in [0, 0.05) is 57.6 Å². The molecule has 130 valence electrons. The van der Waals surface area contributed by atoms with Crippen molar-refractivity contribution in [2.45, 2.75) is 26.1 Å². The summed E-state index contributed by atoms with van der Waals surface area (Å²) in [5.41, 5.74) is 3.99. The number of hydrogen-bond donors (Lipinski definition) is 2. The Kier molecular flexibility index (Phi) is 3.96. The predicted octanol–water partition coefficient (Wildman–Crippen LogP) is -0.0606. The Morgan fingerprint density at radius 1 is 1.36 bits per heavy atom. The van der Waals surface area contributed by atoms with E-state index in [0.717, 1.165) is 30.8 Å². The minimum Gasteiger partial charge on any atom is -0.347 e. The summed E-state index contributed by atoms with van der Waals surface area (Å²) in [6.07, 6.45) is 2.74. The summed E-state index contributed by atoms with van der Waals surface area (Å²) >= 11 is 0. The van der Waals surface area contributed by atoms with E-state index in [-0.39, 0.29) is 17.5 Å². The van der Waals surface area contributed by atoms with E-state index in [1.807, 2.05) is 0 Å². The summed E-state index contributed by atoms with van der Waals surface area (Å²) in [5, 5.41) is 10.4. The Hall–Kier alpha value is -2.74. The van der Waals surface area contributed by atoms with Gasteiger partial charge in [-0.25, -0.2) is 0 Å². The van der Waals surface area contributed by atoms with Gasteiger partial charge >= 0.3 is 0 Å². The number of aromatic nitrogens is 3. The fraction of sp³-hybridized carbons (Fsp3) is 0.412. The molecule has 0 aliphatic carbocycles. The van der Waals surface area contributed by atoms with Gasteiger partial charge in [-0.1, -0.05) is 0 Å². The highest BCUT2D eigenvalue weighted by molar-refractivity contribution is 5.98. The molecule has 0 spiro atoms. The van der Waals surface area contributed by atoms with Crippen LogP contribution in [0.4, 0.5) is 0 Å². The number of rotatable bonds is 3. The molecule has 0 aromatic carbocycles. The van der Waals surface area contributed by atoms with Crippen LogP contribution in [0.1, 0.15) is 37.8 Å². The molecule has 2 aromatic rings. The second-order valence-corrected chi connectivity index (χ2v) is 6.42. The molecular formula is C17H20N6O2. The molecule has 25 heavy (non-hydrogen) atoms. The average molecular weight is 340 g/mol. The standard InChI is InChI=1S/C17H20N6O2/c1-22-4-5-23-15(17(22)25)7-14(21-23)16(24)20-9-11-6-12-10-18-3-2-13(12)19-8-11/h6-8,18H,2-5,9-10H2,1H3,(H,20,24). The molecule has 0 saturated carbocycles. The summed E-state index contributed by atoms with van der Waals surface area (Å²) in [7, 11) is 1.75. The van der Waals surface area contributed by atoms with Gasteiger partial charge in [-0.2, -0.15) is 5.10 Å². The molecule has 0 fully saturated rings. The Morgan fingerprint density at radius 3 is 3.12 bits per heavy atom. The van der Waals surface area contributed by atoms with Crippen LogP contribution < -0.4 is 10.6 Å². The highest BCUT2D eigenvalue weighted by Gasteiger charge is 2.25. The van der Waals surface area contributed by atoms with E-state index in [4.69, 9.17) is 0 Å².